The van der Waals surface area contributed by atoms with Gasteiger partial charge in [0.25, 0.3) is 0 Å². The van der Waals surface area contributed by atoms with Crippen molar-refractivity contribution in [1.29, 1.82) is 0 Å². The van der Waals surface area contributed by atoms with Gasteiger partial charge in [-0.05, 0) is 18.8 Å². The second-order valence-corrected chi connectivity index (χ2v) is 3.39. The summed E-state index contributed by atoms with van der Waals surface area (Å²) in [6.45, 7) is 7.19. The van der Waals surface area contributed by atoms with E-state index < -0.39 is 0 Å². The molecule has 68 valence electrons. The number of ether oxygens (including phenoxy) is 1. The Hall–Kier alpha value is 0.250. The van der Waals surface area contributed by atoms with E-state index in [1.807, 2.05) is 0 Å². The van der Waals surface area contributed by atoms with Crippen LogP contribution in [-0.4, -0.2) is 12.2 Å². The van der Waals surface area contributed by atoms with Crippen molar-refractivity contribution in [3.63, 3.8) is 0 Å². The van der Waals surface area contributed by atoms with Crippen molar-refractivity contribution >= 4 is 11.6 Å². The van der Waals surface area contributed by atoms with Gasteiger partial charge in [0, 0.05) is 6.61 Å². The van der Waals surface area contributed by atoms with Crippen LogP contribution in [0.15, 0.2) is 0 Å². The first-order valence-electron chi connectivity index (χ1n) is 4.48. The molecule has 0 radical (unpaired) electrons. The van der Waals surface area contributed by atoms with Crippen LogP contribution in [0.1, 0.15) is 40.0 Å². The second-order valence-electron chi connectivity index (χ2n) is 2.96. The van der Waals surface area contributed by atoms with Gasteiger partial charge in [0.05, 0.1) is 0 Å². The molecule has 0 spiro atoms. The Bertz CT molecular complexity index is 85.6. The summed E-state index contributed by atoms with van der Waals surface area (Å²) in [7, 11) is 0. The standard InChI is InChI=1S/C9H19ClO/c1-4-6-7-11-9(10)8(3)5-2/h8-9H,4-7H2,1-3H3. The van der Waals surface area contributed by atoms with Crippen molar-refractivity contribution in [2.45, 2.75) is 45.6 Å². The third kappa shape index (κ3) is 5.51. The van der Waals surface area contributed by atoms with E-state index in [-0.39, 0.29) is 5.56 Å². The van der Waals surface area contributed by atoms with Crippen LogP contribution in [0, 0.1) is 5.92 Å². The average molecular weight is 179 g/mol. The lowest BCUT2D eigenvalue weighted by molar-refractivity contribution is 0.0700. The summed E-state index contributed by atoms with van der Waals surface area (Å²) < 4.78 is 5.40. The predicted octanol–water partition coefficient (Wildman–Crippen LogP) is 3.41. The summed E-state index contributed by atoms with van der Waals surface area (Å²) in [5.74, 6) is 0.466. The summed E-state index contributed by atoms with van der Waals surface area (Å²) in [5, 5.41) is 0. The first-order valence-corrected chi connectivity index (χ1v) is 4.91. The van der Waals surface area contributed by atoms with E-state index in [0.717, 1.165) is 19.4 Å². The van der Waals surface area contributed by atoms with E-state index in [2.05, 4.69) is 20.8 Å². The van der Waals surface area contributed by atoms with Crippen LogP contribution in [0.4, 0.5) is 0 Å². The van der Waals surface area contributed by atoms with Gasteiger partial charge in [-0.15, -0.1) is 0 Å². The van der Waals surface area contributed by atoms with Crippen molar-refractivity contribution in [3.05, 3.63) is 0 Å². The number of halogens is 1. The molecule has 2 heteroatoms. The minimum Gasteiger partial charge on any atom is -0.362 e. The highest BCUT2D eigenvalue weighted by Gasteiger charge is 2.11. The Balaban J connectivity index is 3.28. The highest BCUT2D eigenvalue weighted by molar-refractivity contribution is 6.19. The lowest BCUT2D eigenvalue weighted by atomic mass is 10.1. The van der Waals surface area contributed by atoms with Gasteiger partial charge in [-0.3, -0.25) is 0 Å². The number of hydrogen-bond acceptors (Lipinski definition) is 1. The molecular formula is C9H19ClO. The third-order valence-corrected chi connectivity index (χ3v) is 2.42. The van der Waals surface area contributed by atoms with Crippen LogP contribution >= 0.6 is 11.6 Å². The first kappa shape index (κ1) is 11.2. The molecule has 0 aromatic carbocycles. The zero-order valence-corrected chi connectivity index (χ0v) is 8.53. The molecule has 0 fully saturated rings. The number of alkyl halides is 1. The zero-order valence-electron chi connectivity index (χ0n) is 7.77. The summed E-state index contributed by atoms with van der Waals surface area (Å²) in [6.07, 6.45) is 3.37. The summed E-state index contributed by atoms with van der Waals surface area (Å²) in [4.78, 5) is 0. The van der Waals surface area contributed by atoms with Crippen LogP contribution < -0.4 is 0 Å². The van der Waals surface area contributed by atoms with Gasteiger partial charge < -0.3 is 4.74 Å². The zero-order chi connectivity index (χ0) is 8.69. The molecule has 0 heterocycles. The fourth-order valence-corrected chi connectivity index (χ4v) is 0.957. The Labute approximate surface area is 75.1 Å². The smallest absolute Gasteiger partial charge is 0.133 e. The maximum Gasteiger partial charge on any atom is 0.133 e. The Morgan fingerprint density at radius 1 is 1.36 bits per heavy atom. The molecule has 0 aliphatic heterocycles. The molecule has 0 aromatic rings. The van der Waals surface area contributed by atoms with Crippen molar-refractivity contribution in [2.75, 3.05) is 6.61 Å². The topological polar surface area (TPSA) is 9.23 Å². The van der Waals surface area contributed by atoms with Crippen LogP contribution in [0.2, 0.25) is 0 Å². The average Bonchev–Trinajstić information content (AvgIpc) is 2.03. The molecule has 0 amide bonds. The minimum absolute atomic E-state index is 0.0912. The van der Waals surface area contributed by atoms with E-state index in [0.29, 0.717) is 5.92 Å². The monoisotopic (exact) mass is 178 g/mol. The third-order valence-electron chi connectivity index (χ3n) is 1.87. The fraction of sp³-hybridized carbons (Fsp3) is 1.00. The molecular weight excluding hydrogens is 160 g/mol. The Kier molecular flexibility index (Phi) is 7.09. The molecule has 0 N–H and O–H groups in total. The number of rotatable bonds is 6. The minimum atomic E-state index is -0.0912. The van der Waals surface area contributed by atoms with E-state index in [1.165, 1.54) is 6.42 Å². The largest absolute Gasteiger partial charge is 0.362 e. The number of hydrogen-bond donors (Lipinski definition) is 0. The molecule has 0 aliphatic rings. The molecule has 0 saturated carbocycles. The maximum atomic E-state index is 5.94. The number of unbranched alkanes of at least 4 members (excludes halogenated alkanes) is 1. The van der Waals surface area contributed by atoms with Crippen LogP contribution in [-0.2, 0) is 4.74 Å². The molecule has 0 rings (SSSR count). The quantitative estimate of drug-likeness (QED) is 0.448. The molecule has 0 aromatic heterocycles. The van der Waals surface area contributed by atoms with Crippen LogP contribution in [0.3, 0.4) is 0 Å². The molecule has 0 bridgehead atoms. The van der Waals surface area contributed by atoms with Gasteiger partial charge >= 0.3 is 0 Å². The molecule has 0 aliphatic carbocycles. The van der Waals surface area contributed by atoms with Gasteiger partial charge in [-0.1, -0.05) is 38.8 Å². The summed E-state index contributed by atoms with van der Waals surface area (Å²) in [6, 6.07) is 0. The van der Waals surface area contributed by atoms with E-state index >= 15 is 0 Å². The second kappa shape index (κ2) is 6.93. The highest BCUT2D eigenvalue weighted by atomic mass is 35.5. The van der Waals surface area contributed by atoms with Gasteiger partial charge in [0.15, 0.2) is 0 Å². The Morgan fingerprint density at radius 3 is 2.45 bits per heavy atom. The summed E-state index contributed by atoms with van der Waals surface area (Å²) >= 11 is 5.94. The fourth-order valence-electron chi connectivity index (χ4n) is 0.690. The van der Waals surface area contributed by atoms with Crippen LogP contribution in [0.25, 0.3) is 0 Å². The highest BCUT2D eigenvalue weighted by Crippen LogP contribution is 2.15. The van der Waals surface area contributed by atoms with Crippen molar-refractivity contribution < 1.29 is 4.74 Å². The van der Waals surface area contributed by atoms with E-state index in [9.17, 15) is 0 Å². The van der Waals surface area contributed by atoms with E-state index in [4.69, 9.17) is 16.3 Å². The lowest BCUT2D eigenvalue weighted by Crippen LogP contribution is -2.15. The van der Waals surface area contributed by atoms with Crippen molar-refractivity contribution in [1.82, 2.24) is 0 Å². The first-order chi connectivity index (χ1) is 5.22. The lowest BCUT2D eigenvalue weighted by Gasteiger charge is -2.16. The van der Waals surface area contributed by atoms with Gasteiger partial charge in [0.2, 0.25) is 0 Å². The van der Waals surface area contributed by atoms with E-state index in [1.54, 1.807) is 0 Å². The summed E-state index contributed by atoms with van der Waals surface area (Å²) in [5.41, 5.74) is -0.0912. The molecule has 2 atom stereocenters. The Morgan fingerprint density at radius 2 is 2.00 bits per heavy atom. The molecule has 0 saturated heterocycles. The normalized spacial score (nSPS) is 16.4. The van der Waals surface area contributed by atoms with Gasteiger partial charge in [-0.25, -0.2) is 0 Å². The van der Waals surface area contributed by atoms with Crippen molar-refractivity contribution in [3.8, 4) is 0 Å². The molecule has 11 heavy (non-hydrogen) atoms. The maximum absolute atomic E-state index is 5.94. The van der Waals surface area contributed by atoms with Gasteiger partial charge in [-0.2, -0.15) is 0 Å². The predicted molar refractivity (Wildman–Crippen MR) is 50.0 cm³/mol. The van der Waals surface area contributed by atoms with Gasteiger partial charge in [0.1, 0.15) is 5.56 Å². The SMILES string of the molecule is CCCCOC(Cl)C(C)CC. The van der Waals surface area contributed by atoms with Crippen LogP contribution in [0.5, 0.6) is 0 Å². The van der Waals surface area contributed by atoms with Crippen molar-refractivity contribution in [2.24, 2.45) is 5.92 Å². The molecule has 1 nitrogen and oxygen atoms in total. The molecule has 2 unspecified atom stereocenters.